The summed E-state index contributed by atoms with van der Waals surface area (Å²) in [5.41, 5.74) is 1.37. The van der Waals surface area contributed by atoms with Gasteiger partial charge in [0, 0.05) is 29.5 Å². The van der Waals surface area contributed by atoms with E-state index in [4.69, 9.17) is 0 Å². The van der Waals surface area contributed by atoms with Crippen LogP contribution in [0.4, 0.5) is 0 Å². The van der Waals surface area contributed by atoms with Crippen molar-refractivity contribution in [1.29, 1.82) is 0 Å². The Bertz CT molecular complexity index is 589. The van der Waals surface area contributed by atoms with Crippen molar-refractivity contribution in [2.24, 2.45) is 23.2 Å². The summed E-state index contributed by atoms with van der Waals surface area (Å²) >= 11 is 0. The van der Waals surface area contributed by atoms with E-state index in [0.717, 1.165) is 24.8 Å². The molecule has 0 amide bonds. The molecule has 4 nitrogen and oxygen atoms in total. The van der Waals surface area contributed by atoms with E-state index in [1.165, 1.54) is 44.2 Å². The number of nitrogens with zero attached hydrogens (tertiary/aromatic N) is 1. The summed E-state index contributed by atoms with van der Waals surface area (Å²) in [6.07, 6.45) is 9.33. The molecule has 2 aliphatic carbocycles. The Morgan fingerprint density at radius 1 is 1.16 bits per heavy atom. The Balaban J connectivity index is 0.00000225. The number of hydrogen-bond acceptors (Lipinski definition) is 4. The molecule has 1 heterocycles. The molecule has 1 aliphatic heterocycles. The van der Waals surface area contributed by atoms with E-state index < -0.39 is 10.1 Å². The summed E-state index contributed by atoms with van der Waals surface area (Å²) in [5, 5.41) is 0. The summed E-state index contributed by atoms with van der Waals surface area (Å²) in [6, 6.07) is 0.565. The van der Waals surface area contributed by atoms with Crippen LogP contribution in [0.1, 0.15) is 65.2 Å². The monoisotopic (exact) mass is 393 g/mol. The Hall–Kier alpha value is 1.09. The first-order chi connectivity index (χ1) is 11.2. The molecular weight excluding hydrogens is 361 g/mol. The van der Waals surface area contributed by atoms with Gasteiger partial charge in [0.2, 0.25) is 0 Å². The van der Waals surface area contributed by atoms with Crippen molar-refractivity contribution in [3.05, 3.63) is 12.3 Å². The minimum Gasteiger partial charge on any atom is -0.748 e. The SMILES string of the molecule is C=C1N(CCCCS(=O)(=O)[O-])C2CCC3CCCCC3C2C1(C)C.[K+]. The van der Waals surface area contributed by atoms with Gasteiger partial charge in [-0.3, -0.25) is 0 Å². The predicted molar refractivity (Wildman–Crippen MR) is 95.4 cm³/mol. The van der Waals surface area contributed by atoms with Crippen molar-refractivity contribution in [1.82, 2.24) is 4.90 Å². The van der Waals surface area contributed by atoms with E-state index in [0.29, 0.717) is 18.4 Å². The van der Waals surface area contributed by atoms with Gasteiger partial charge >= 0.3 is 51.4 Å². The first kappa shape index (κ1) is 22.4. The maximum atomic E-state index is 10.8. The molecule has 0 radical (unpaired) electrons. The fourth-order valence-corrected chi connectivity index (χ4v) is 6.47. The van der Waals surface area contributed by atoms with Crippen molar-refractivity contribution in [2.75, 3.05) is 12.3 Å². The molecule has 6 heteroatoms. The molecule has 3 rings (SSSR count). The summed E-state index contributed by atoms with van der Waals surface area (Å²) in [7, 11) is -4.09. The van der Waals surface area contributed by atoms with Crippen LogP contribution in [0.2, 0.25) is 0 Å². The van der Waals surface area contributed by atoms with Gasteiger partial charge in [0.25, 0.3) is 0 Å². The second-order valence-corrected chi connectivity index (χ2v) is 10.2. The second-order valence-electron chi connectivity index (χ2n) is 8.71. The van der Waals surface area contributed by atoms with Gasteiger partial charge in [0.15, 0.2) is 0 Å². The van der Waals surface area contributed by atoms with Gasteiger partial charge in [-0.1, -0.05) is 39.7 Å². The van der Waals surface area contributed by atoms with E-state index in [2.05, 4.69) is 25.3 Å². The van der Waals surface area contributed by atoms with E-state index in [-0.39, 0.29) is 62.6 Å². The number of hydrogen-bond donors (Lipinski definition) is 0. The third-order valence-corrected chi connectivity index (χ3v) is 7.83. The average molecular weight is 394 g/mol. The maximum Gasteiger partial charge on any atom is 1.00 e. The number of fused-ring (bicyclic) bond motifs is 3. The molecule has 138 valence electrons. The summed E-state index contributed by atoms with van der Waals surface area (Å²) < 4.78 is 32.4. The van der Waals surface area contributed by atoms with Crippen molar-refractivity contribution < 1.29 is 64.4 Å². The topological polar surface area (TPSA) is 60.4 Å². The third kappa shape index (κ3) is 4.74. The van der Waals surface area contributed by atoms with Crippen molar-refractivity contribution >= 4 is 10.1 Å². The normalized spacial score (nSPS) is 34.2. The van der Waals surface area contributed by atoms with E-state index in [1.807, 2.05) is 0 Å². The molecule has 0 aromatic heterocycles. The van der Waals surface area contributed by atoms with Gasteiger partial charge in [0.1, 0.15) is 0 Å². The Labute approximate surface area is 196 Å². The molecule has 0 N–H and O–H groups in total. The molecule has 0 aromatic rings. The van der Waals surface area contributed by atoms with Crippen LogP contribution in [0.15, 0.2) is 12.3 Å². The molecule has 25 heavy (non-hydrogen) atoms. The molecule has 4 atom stereocenters. The van der Waals surface area contributed by atoms with Crippen LogP contribution in [0.3, 0.4) is 0 Å². The minimum absolute atomic E-state index is 0. The van der Waals surface area contributed by atoms with Crippen LogP contribution in [0.5, 0.6) is 0 Å². The molecule has 3 aliphatic rings. The van der Waals surface area contributed by atoms with Crippen molar-refractivity contribution in [3.63, 3.8) is 0 Å². The quantitative estimate of drug-likeness (QED) is 0.393. The average Bonchev–Trinajstić information content (AvgIpc) is 2.71. The number of allylic oxidation sites excluding steroid dienone is 1. The molecule has 0 bridgehead atoms. The largest absolute Gasteiger partial charge is 1.00 e. The molecule has 3 fully saturated rings. The van der Waals surface area contributed by atoms with Gasteiger partial charge in [-0.25, -0.2) is 8.42 Å². The van der Waals surface area contributed by atoms with Gasteiger partial charge in [-0.2, -0.15) is 0 Å². The zero-order valence-electron chi connectivity index (χ0n) is 16.2. The van der Waals surface area contributed by atoms with Crippen molar-refractivity contribution in [3.8, 4) is 0 Å². The van der Waals surface area contributed by atoms with Crippen LogP contribution in [0, 0.1) is 23.2 Å². The Morgan fingerprint density at radius 2 is 1.84 bits per heavy atom. The molecule has 0 spiro atoms. The smallest absolute Gasteiger partial charge is 0.748 e. The fourth-order valence-electron chi connectivity index (χ4n) is 5.91. The number of unbranched alkanes of at least 4 members (excludes halogenated alkanes) is 1. The van der Waals surface area contributed by atoms with Crippen LogP contribution < -0.4 is 51.4 Å². The van der Waals surface area contributed by atoms with E-state index >= 15 is 0 Å². The predicted octanol–water partition coefficient (Wildman–Crippen LogP) is 0.756. The molecular formula is C19H32KNO3S. The fraction of sp³-hybridized carbons (Fsp3) is 0.895. The van der Waals surface area contributed by atoms with Crippen LogP contribution in [-0.2, 0) is 10.1 Å². The zero-order valence-corrected chi connectivity index (χ0v) is 20.1. The third-order valence-electron chi connectivity index (χ3n) is 7.04. The van der Waals surface area contributed by atoms with Crippen LogP contribution in [-0.4, -0.2) is 36.2 Å². The minimum atomic E-state index is -4.09. The molecule has 1 saturated heterocycles. The summed E-state index contributed by atoms with van der Waals surface area (Å²) in [5.74, 6) is 2.18. The van der Waals surface area contributed by atoms with Gasteiger partial charge < -0.3 is 9.45 Å². The van der Waals surface area contributed by atoms with Gasteiger partial charge in [-0.15, -0.1) is 0 Å². The first-order valence-electron chi connectivity index (χ1n) is 9.61. The molecule has 4 unspecified atom stereocenters. The second kappa shape index (κ2) is 8.62. The standard InChI is InChI=1S/C19H33NO3S.K/c1-14-19(2,3)18-16-9-5-4-8-15(16)10-11-17(18)20(14)12-6-7-13-24(21,22)23;/h15-18H,1,4-13H2,2-3H3,(H,21,22,23);/q;+1/p-1. The molecule has 0 aromatic carbocycles. The van der Waals surface area contributed by atoms with Crippen LogP contribution in [0.25, 0.3) is 0 Å². The maximum absolute atomic E-state index is 10.8. The van der Waals surface area contributed by atoms with Gasteiger partial charge in [0.05, 0.1) is 10.1 Å². The van der Waals surface area contributed by atoms with Crippen LogP contribution >= 0.6 is 0 Å². The molecule has 2 saturated carbocycles. The Kier molecular flexibility index (Phi) is 7.72. The number of rotatable bonds is 5. The van der Waals surface area contributed by atoms with E-state index in [9.17, 15) is 13.0 Å². The summed E-state index contributed by atoms with van der Waals surface area (Å²) in [4.78, 5) is 2.47. The number of likely N-dealkylation sites (tertiary alicyclic amines) is 1. The van der Waals surface area contributed by atoms with E-state index in [1.54, 1.807) is 0 Å². The first-order valence-corrected chi connectivity index (χ1v) is 11.2. The zero-order chi connectivity index (χ0) is 17.5. The summed E-state index contributed by atoms with van der Waals surface area (Å²) in [6.45, 7) is 9.97. The Morgan fingerprint density at radius 3 is 2.52 bits per heavy atom. The van der Waals surface area contributed by atoms with Gasteiger partial charge in [-0.05, 0) is 49.9 Å². The van der Waals surface area contributed by atoms with Crippen molar-refractivity contribution in [2.45, 2.75) is 71.3 Å².